The SMILES string of the molecule is CC[C@@H](C(=O)NC1CCCC1)N(Cc1c(Cl)cccc1Cl)C(=O)CN(c1ccc(Cl)cc1C)S(C)(=O)=O. The minimum atomic E-state index is -3.85. The van der Waals surface area contributed by atoms with Crippen molar-refractivity contribution in [2.24, 2.45) is 0 Å². The fraction of sp³-hybridized carbons (Fsp3) is 0.462. The third-order valence-corrected chi connectivity index (χ3v) is 8.65. The van der Waals surface area contributed by atoms with Crippen LogP contribution in [0.5, 0.6) is 0 Å². The second kappa shape index (κ2) is 12.7. The summed E-state index contributed by atoms with van der Waals surface area (Å²) in [5.74, 6) is -0.830. The molecule has 1 N–H and O–H groups in total. The van der Waals surface area contributed by atoms with Gasteiger partial charge in [0.05, 0.1) is 11.9 Å². The maximum Gasteiger partial charge on any atom is 0.244 e. The first-order valence-corrected chi connectivity index (χ1v) is 15.2. The summed E-state index contributed by atoms with van der Waals surface area (Å²) < 4.78 is 26.6. The zero-order valence-corrected chi connectivity index (χ0v) is 24.2. The number of sulfonamides is 1. The van der Waals surface area contributed by atoms with E-state index in [1.165, 1.54) is 4.90 Å². The predicted molar refractivity (Wildman–Crippen MR) is 150 cm³/mol. The maximum atomic E-state index is 13.8. The smallest absolute Gasteiger partial charge is 0.244 e. The summed E-state index contributed by atoms with van der Waals surface area (Å²) in [7, 11) is -3.85. The Morgan fingerprint density at radius 3 is 2.24 bits per heavy atom. The second-order valence-corrected chi connectivity index (χ2v) is 12.5. The molecule has 1 saturated carbocycles. The molecular formula is C26H32Cl3N3O4S. The van der Waals surface area contributed by atoms with Crippen molar-refractivity contribution < 1.29 is 18.0 Å². The van der Waals surface area contributed by atoms with Crippen LogP contribution in [0.1, 0.15) is 50.2 Å². The van der Waals surface area contributed by atoms with Crippen LogP contribution in [0, 0.1) is 6.92 Å². The van der Waals surface area contributed by atoms with E-state index in [0.29, 0.717) is 38.3 Å². The summed E-state index contributed by atoms with van der Waals surface area (Å²) in [5.41, 5.74) is 1.41. The molecule has 0 bridgehead atoms. The molecule has 0 spiro atoms. The van der Waals surface area contributed by atoms with Gasteiger partial charge in [0, 0.05) is 33.2 Å². The van der Waals surface area contributed by atoms with E-state index in [1.54, 1.807) is 43.3 Å². The van der Waals surface area contributed by atoms with E-state index < -0.39 is 28.5 Å². The van der Waals surface area contributed by atoms with Gasteiger partial charge in [0.25, 0.3) is 0 Å². The monoisotopic (exact) mass is 587 g/mol. The zero-order valence-electron chi connectivity index (χ0n) is 21.1. The average molecular weight is 589 g/mol. The molecule has 1 aliphatic carbocycles. The third kappa shape index (κ3) is 7.53. The maximum absolute atomic E-state index is 13.8. The molecule has 1 fully saturated rings. The Balaban J connectivity index is 1.99. The number of hydrogen-bond donors (Lipinski definition) is 1. The molecule has 7 nitrogen and oxygen atoms in total. The van der Waals surface area contributed by atoms with E-state index in [-0.39, 0.29) is 18.5 Å². The number of benzene rings is 2. The van der Waals surface area contributed by atoms with Gasteiger partial charge in [-0.25, -0.2) is 8.42 Å². The van der Waals surface area contributed by atoms with Crippen molar-refractivity contribution >= 4 is 62.3 Å². The standard InChI is InChI=1S/C26H32Cl3N3O4S/c1-4-23(26(34)30-19-8-5-6-9-19)31(15-20-21(28)10-7-11-22(20)29)25(33)16-32(37(3,35)36)24-13-12-18(27)14-17(24)2/h7,10-14,19,23H,4-6,8-9,15-16H2,1-3H3,(H,30,34)/t23-/m0/s1. The van der Waals surface area contributed by atoms with E-state index in [0.717, 1.165) is 36.2 Å². The molecule has 0 saturated heterocycles. The molecule has 2 aromatic rings. The van der Waals surface area contributed by atoms with E-state index >= 15 is 0 Å². The summed E-state index contributed by atoms with van der Waals surface area (Å²) in [6.45, 7) is 2.97. The Hall–Kier alpha value is -2.00. The Bertz CT molecular complexity index is 1230. The second-order valence-electron chi connectivity index (χ2n) is 9.34. The Morgan fingerprint density at radius 2 is 1.70 bits per heavy atom. The van der Waals surface area contributed by atoms with Gasteiger partial charge in [-0.15, -0.1) is 0 Å². The predicted octanol–water partition coefficient (Wildman–Crippen LogP) is 5.59. The molecule has 3 rings (SSSR count). The van der Waals surface area contributed by atoms with Crippen molar-refractivity contribution in [2.45, 2.75) is 64.6 Å². The van der Waals surface area contributed by atoms with Crippen molar-refractivity contribution in [3.8, 4) is 0 Å². The van der Waals surface area contributed by atoms with Crippen LogP contribution in [0.15, 0.2) is 36.4 Å². The zero-order chi connectivity index (χ0) is 27.3. The van der Waals surface area contributed by atoms with Gasteiger partial charge in [-0.3, -0.25) is 13.9 Å². The number of aryl methyl sites for hydroxylation is 1. The van der Waals surface area contributed by atoms with E-state index in [1.807, 2.05) is 6.92 Å². The van der Waals surface area contributed by atoms with Crippen molar-refractivity contribution in [1.82, 2.24) is 10.2 Å². The molecule has 202 valence electrons. The fourth-order valence-corrected chi connectivity index (χ4v) is 6.28. The molecule has 0 aromatic heterocycles. The fourth-order valence-electron chi connectivity index (χ4n) is 4.63. The number of carbonyl (C=O) groups is 2. The molecule has 0 radical (unpaired) electrons. The molecule has 0 heterocycles. The largest absolute Gasteiger partial charge is 0.352 e. The number of rotatable bonds is 10. The minimum Gasteiger partial charge on any atom is -0.352 e. The lowest BCUT2D eigenvalue weighted by Crippen LogP contribution is -2.53. The van der Waals surface area contributed by atoms with Crippen molar-refractivity contribution in [1.29, 1.82) is 0 Å². The highest BCUT2D eigenvalue weighted by Gasteiger charge is 2.34. The lowest BCUT2D eigenvalue weighted by Gasteiger charge is -2.34. The van der Waals surface area contributed by atoms with Crippen LogP contribution in [0.4, 0.5) is 5.69 Å². The van der Waals surface area contributed by atoms with Gasteiger partial charge in [0.2, 0.25) is 21.8 Å². The molecule has 0 unspecified atom stereocenters. The first-order valence-electron chi connectivity index (χ1n) is 12.2. The molecule has 2 aromatic carbocycles. The Kier molecular flexibility index (Phi) is 10.1. The molecule has 1 aliphatic rings. The number of hydrogen-bond acceptors (Lipinski definition) is 4. The summed E-state index contributed by atoms with van der Waals surface area (Å²) in [6, 6.07) is 8.99. The summed E-state index contributed by atoms with van der Waals surface area (Å²) in [5, 5.41) is 4.22. The number of amides is 2. The number of carbonyl (C=O) groups excluding carboxylic acids is 2. The third-order valence-electron chi connectivity index (χ3n) is 6.58. The lowest BCUT2D eigenvalue weighted by molar-refractivity contribution is -0.140. The first kappa shape index (κ1) is 29.6. The van der Waals surface area contributed by atoms with Crippen LogP contribution in [0.2, 0.25) is 15.1 Å². The number of nitrogens with one attached hydrogen (secondary N) is 1. The number of nitrogens with zero attached hydrogens (tertiary/aromatic N) is 2. The van der Waals surface area contributed by atoms with Crippen LogP contribution in [-0.4, -0.2) is 50.0 Å². The van der Waals surface area contributed by atoms with Crippen molar-refractivity contribution in [3.05, 3.63) is 62.6 Å². The van der Waals surface area contributed by atoms with Crippen LogP contribution in [0.3, 0.4) is 0 Å². The summed E-state index contributed by atoms with van der Waals surface area (Å²) in [4.78, 5) is 28.6. The summed E-state index contributed by atoms with van der Waals surface area (Å²) >= 11 is 18.9. The van der Waals surface area contributed by atoms with E-state index in [2.05, 4.69) is 5.32 Å². The number of halogens is 3. The Labute approximate surface area is 234 Å². The molecule has 11 heteroatoms. The van der Waals surface area contributed by atoms with Gasteiger partial charge in [-0.1, -0.05) is 60.6 Å². The topological polar surface area (TPSA) is 86.8 Å². The summed E-state index contributed by atoms with van der Waals surface area (Å²) in [6.07, 6.45) is 5.24. The van der Waals surface area contributed by atoms with Crippen LogP contribution in [0.25, 0.3) is 0 Å². The van der Waals surface area contributed by atoms with Gasteiger partial charge in [-0.2, -0.15) is 0 Å². The van der Waals surface area contributed by atoms with Gasteiger partial charge < -0.3 is 10.2 Å². The normalized spacial score (nSPS) is 14.9. The Morgan fingerprint density at radius 1 is 1.08 bits per heavy atom. The quantitative estimate of drug-likeness (QED) is 0.392. The van der Waals surface area contributed by atoms with Gasteiger partial charge in [0.15, 0.2) is 0 Å². The molecule has 0 aliphatic heterocycles. The van der Waals surface area contributed by atoms with Crippen molar-refractivity contribution in [2.75, 3.05) is 17.1 Å². The van der Waals surface area contributed by atoms with Crippen molar-refractivity contribution in [3.63, 3.8) is 0 Å². The average Bonchev–Trinajstić information content (AvgIpc) is 3.32. The minimum absolute atomic E-state index is 0.0505. The first-order chi connectivity index (χ1) is 17.4. The highest BCUT2D eigenvalue weighted by Crippen LogP contribution is 2.29. The highest BCUT2D eigenvalue weighted by atomic mass is 35.5. The highest BCUT2D eigenvalue weighted by molar-refractivity contribution is 7.92. The van der Waals surface area contributed by atoms with Gasteiger partial charge in [0.1, 0.15) is 12.6 Å². The van der Waals surface area contributed by atoms with Crippen LogP contribution in [-0.2, 0) is 26.2 Å². The van der Waals surface area contributed by atoms with E-state index in [4.69, 9.17) is 34.8 Å². The molecular weight excluding hydrogens is 557 g/mol. The van der Waals surface area contributed by atoms with Gasteiger partial charge >= 0.3 is 0 Å². The molecule has 1 atom stereocenters. The lowest BCUT2D eigenvalue weighted by atomic mass is 10.1. The van der Waals surface area contributed by atoms with Crippen LogP contribution >= 0.6 is 34.8 Å². The van der Waals surface area contributed by atoms with Crippen LogP contribution < -0.4 is 9.62 Å². The molecule has 37 heavy (non-hydrogen) atoms. The van der Waals surface area contributed by atoms with Gasteiger partial charge in [-0.05, 0) is 62.1 Å². The number of anilines is 1. The molecule has 2 amide bonds. The van der Waals surface area contributed by atoms with E-state index in [9.17, 15) is 18.0 Å².